The molecule has 20 heavy (non-hydrogen) atoms. The van der Waals surface area contributed by atoms with Crippen LogP contribution in [0.4, 0.5) is 5.95 Å². The van der Waals surface area contributed by atoms with E-state index in [0.717, 1.165) is 12.1 Å². The molecule has 2 N–H and O–H groups in total. The van der Waals surface area contributed by atoms with Gasteiger partial charge in [-0.2, -0.15) is 0 Å². The smallest absolute Gasteiger partial charge is 0.260 e. The van der Waals surface area contributed by atoms with Crippen molar-refractivity contribution in [2.75, 3.05) is 11.9 Å². The van der Waals surface area contributed by atoms with Crippen LogP contribution in [0, 0.1) is 0 Å². The normalized spacial score (nSPS) is 10.6. The van der Waals surface area contributed by atoms with Crippen molar-refractivity contribution in [3.63, 3.8) is 0 Å². The molecule has 100 valence electrons. The van der Waals surface area contributed by atoms with Crippen molar-refractivity contribution in [1.29, 1.82) is 0 Å². The Bertz CT molecular complexity index is 767. The van der Waals surface area contributed by atoms with E-state index in [2.05, 4.69) is 20.3 Å². The molecular formula is C15H14N4O. The van der Waals surface area contributed by atoms with Crippen LogP contribution in [0.1, 0.15) is 5.69 Å². The summed E-state index contributed by atoms with van der Waals surface area (Å²) in [5.74, 6) is 0.490. The minimum atomic E-state index is -0.129. The van der Waals surface area contributed by atoms with Gasteiger partial charge >= 0.3 is 0 Å². The van der Waals surface area contributed by atoms with Crippen LogP contribution in [0.3, 0.4) is 0 Å². The van der Waals surface area contributed by atoms with E-state index >= 15 is 0 Å². The van der Waals surface area contributed by atoms with Crippen molar-refractivity contribution in [1.82, 2.24) is 15.0 Å². The lowest BCUT2D eigenvalue weighted by atomic mass is 10.2. The molecule has 0 atom stereocenters. The monoisotopic (exact) mass is 266 g/mol. The van der Waals surface area contributed by atoms with Crippen LogP contribution in [0.25, 0.3) is 10.9 Å². The number of nitrogens with one attached hydrogen (secondary N) is 2. The fourth-order valence-corrected chi connectivity index (χ4v) is 2.03. The summed E-state index contributed by atoms with van der Waals surface area (Å²) >= 11 is 0. The van der Waals surface area contributed by atoms with E-state index in [1.54, 1.807) is 12.3 Å². The van der Waals surface area contributed by atoms with Gasteiger partial charge in [-0.05, 0) is 24.3 Å². The Labute approximate surface area is 115 Å². The Kier molecular flexibility index (Phi) is 3.41. The van der Waals surface area contributed by atoms with E-state index in [1.165, 1.54) is 0 Å². The highest BCUT2D eigenvalue weighted by Crippen LogP contribution is 2.07. The van der Waals surface area contributed by atoms with E-state index in [0.29, 0.717) is 23.4 Å². The van der Waals surface area contributed by atoms with Gasteiger partial charge in [0.2, 0.25) is 5.95 Å². The van der Waals surface area contributed by atoms with Crippen LogP contribution in [-0.2, 0) is 6.42 Å². The molecule has 0 radical (unpaired) electrons. The van der Waals surface area contributed by atoms with Crippen LogP contribution in [0.5, 0.6) is 0 Å². The average Bonchev–Trinajstić information content (AvgIpc) is 2.48. The van der Waals surface area contributed by atoms with E-state index in [9.17, 15) is 4.79 Å². The van der Waals surface area contributed by atoms with Crippen LogP contribution >= 0.6 is 0 Å². The molecule has 0 fully saturated rings. The number of aromatic amines is 1. The van der Waals surface area contributed by atoms with Crippen molar-refractivity contribution in [3.8, 4) is 0 Å². The first-order valence-corrected chi connectivity index (χ1v) is 6.46. The predicted octanol–water partition coefficient (Wildman–Crippen LogP) is 1.97. The van der Waals surface area contributed by atoms with Gasteiger partial charge in [0.05, 0.1) is 10.9 Å². The van der Waals surface area contributed by atoms with E-state index in [4.69, 9.17) is 0 Å². The van der Waals surface area contributed by atoms with Gasteiger partial charge in [-0.15, -0.1) is 0 Å². The summed E-state index contributed by atoms with van der Waals surface area (Å²) in [4.78, 5) is 23.2. The number of aromatic nitrogens is 3. The lowest BCUT2D eigenvalue weighted by molar-refractivity contribution is 0.942. The minimum absolute atomic E-state index is 0.129. The van der Waals surface area contributed by atoms with Gasteiger partial charge in [-0.1, -0.05) is 18.2 Å². The van der Waals surface area contributed by atoms with Gasteiger partial charge in [0.25, 0.3) is 5.56 Å². The molecule has 0 saturated heterocycles. The highest BCUT2D eigenvalue weighted by Gasteiger charge is 2.02. The second-order valence-electron chi connectivity index (χ2n) is 4.43. The van der Waals surface area contributed by atoms with E-state index in [-0.39, 0.29) is 5.56 Å². The highest BCUT2D eigenvalue weighted by molar-refractivity contribution is 5.78. The molecule has 0 amide bonds. The zero-order valence-corrected chi connectivity index (χ0v) is 10.8. The van der Waals surface area contributed by atoms with Gasteiger partial charge in [-0.25, -0.2) is 4.98 Å². The van der Waals surface area contributed by atoms with Crippen molar-refractivity contribution in [3.05, 3.63) is 64.7 Å². The fourth-order valence-electron chi connectivity index (χ4n) is 2.03. The highest BCUT2D eigenvalue weighted by atomic mass is 16.1. The third kappa shape index (κ3) is 2.66. The largest absolute Gasteiger partial charge is 0.355 e. The van der Waals surface area contributed by atoms with Crippen molar-refractivity contribution < 1.29 is 0 Å². The number of hydrogen-bond acceptors (Lipinski definition) is 4. The molecule has 0 saturated carbocycles. The van der Waals surface area contributed by atoms with Gasteiger partial charge in [0.15, 0.2) is 0 Å². The van der Waals surface area contributed by atoms with Crippen LogP contribution in [-0.4, -0.2) is 21.5 Å². The molecule has 2 heterocycles. The topological polar surface area (TPSA) is 70.7 Å². The fraction of sp³-hybridized carbons (Fsp3) is 0.133. The van der Waals surface area contributed by atoms with Crippen LogP contribution in [0.15, 0.2) is 53.5 Å². The number of nitrogens with zero attached hydrogens (tertiary/aromatic N) is 2. The molecule has 1 aromatic carbocycles. The summed E-state index contributed by atoms with van der Waals surface area (Å²) in [5, 5.41) is 3.72. The van der Waals surface area contributed by atoms with Gasteiger partial charge in [0.1, 0.15) is 0 Å². The Morgan fingerprint density at radius 1 is 1.10 bits per heavy atom. The molecule has 3 aromatic rings. The average molecular weight is 266 g/mol. The number of H-pyrrole nitrogens is 1. The third-order valence-electron chi connectivity index (χ3n) is 3.01. The Morgan fingerprint density at radius 2 is 1.95 bits per heavy atom. The maximum atomic E-state index is 11.9. The maximum absolute atomic E-state index is 11.9. The first-order valence-electron chi connectivity index (χ1n) is 6.46. The standard InChI is InChI=1S/C15H14N4O/c20-14-12-6-1-2-7-13(12)18-15(19-14)17-10-8-11-5-3-4-9-16-11/h1-7,9H,8,10H2,(H2,17,18,19,20). The van der Waals surface area contributed by atoms with Crippen LogP contribution < -0.4 is 10.9 Å². The van der Waals surface area contributed by atoms with Crippen molar-refractivity contribution in [2.45, 2.75) is 6.42 Å². The number of hydrogen-bond donors (Lipinski definition) is 2. The molecule has 0 spiro atoms. The number of para-hydroxylation sites is 1. The van der Waals surface area contributed by atoms with E-state index in [1.807, 2.05) is 36.4 Å². The number of pyridine rings is 1. The molecule has 0 aliphatic carbocycles. The van der Waals surface area contributed by atoms with Gasteiger partial charge in [-0.3, -0.25) is 14.8 Å². The first kappa shape index (κ1) is 12.3. The minimum Gasteiger partial charge on any atom is -0.355 e. The van der Waals surface area contributed by atoms with E-state index < -0.39 is 0 Å². The lowest BCUT2D eigenvalue weighted by Gasteiger charge is -2.06. The molecule has 5 nitrogen and oxygen atoms in total. The number of fused-ring (bicyclic) bond motifs is 1. The molecule has 3 rings (SSSR count). The van der Waals surface area contributed by atoms with Crippen molar-refractivity contribution >= 4 is 16.9 Å². The molecule has 0 unspecified atom stereocenters. The summed E-state index contributed by atoms with van der Waals surface area (Å²) in [6.45, 7) is 0.665. The number of anilines is 1. The summed E-state index contributed by atoms with van der Waals surface area (Å²) in [6, 6.07) is 13.1. The zero-order valence-electron chi connectivity index (χ0n) is 10.8. The molecular weight excluding hydrogens is 252 g/mol. The third-order valence-corrected chi connectivity index (χ3v) is 3.01. The Morgan fingerprint density at radius 3 is 2.80 bits per heavy atom. The molecule has 2 aromatic heterocycles. The van der Waals surface area contributed by atoms with Gasteiger partial charge < -0.3 is 5.32 Å². The van der Waals surface area contributed by atoms with Crippen molar-refractivity contribution in [2.24, 2.45) is 0 Å². The van der Waals surface area contributed by atoms with Gasteiger partial charge in [0, 0.05) is 24.9 Å². The molecule has 0 aliphatic rings. The molecule has 0 bridgehead atoms. The zero-order chi connectivity index (χ0) is 13.8. The Hall–Kier alpha value is -2.69. The van der Waals surface area contributed by atoms with Crippen LogP contribution in [0.2, 0.25) is 0 Å². The number of rotatable bonds is 4. The summed E-state index contributed by atoms with van der Waals surface area (Å²) in [6.07, 6.45) is 2.54. The quantitative estimate of drug-likeness (QED) is 0.757. The lowest BCUT2D eigenvalue weighted by Crippen LogP contribution is -2.15. The maximum Gasteiger partial charge on any atom is 0.260 e. The molecule has 5 heteroatoms. The first-order chi connectivity index (χ1) is 9.83. The second kappa shape index (κ2) is 5.52. The summed E-state index contributed by atoms with van der Waals surface area (Å²) in [7, 11) is 0. The number of benzene rings is 1. The summed E-state index contributed by atoms with van der Waals surface area (Å²) in [5.41, 5.74) is 1.57. The predicted molar refractivity (Wildman–Crippen MR) is 78.8 cm³/mol. The SMILES string of the molecule is O=c1[nH]c(NCCc2ccccn2)nc2ccccc12. The summed E-state index contributed by atoms with van der Waals surface area (Å²) < 4.78 is 0. The second-order valence-corrected chi connectivity index (χ2v) is 4.43. The Balaban J connectivity index is 1.73. The molecule has 0 aliphatic heterocycles.